The van der Waals surface area contributed by atoms with E-state index >= 15 is 0 Å². The van der Waals surface area contributed by atoms with Gasteiger partial charge in [-0.3, -0.25) is 4.90 Å². The lowest BCUT2D eigenvalue weighted by Crippen LogP contribution is -2.36. The van der Waals surface area contributed by atoms with Gasteiger partial charge in [0.05, 0.1) is 18.2 Å². The maximum atomic E-state index is 5.98. The van der Waals surface area contributed by atoms with Gasteiger partial charge in [0.25, 0.3) is 0 Å². The number of hydrogen-bond donors (Lipinski definition) is 1. The Bertz CT molecular complexity index is 401. The van der Waals surface area contributed by atoms with Crippen LogP contribution in [0.1, 0.15) is 25.5 Å². The van der Waals surface area contributed by atoms with E-state index in [2.05, 4.69) is 39.9 Å². The average molecular weight is 345 g/mol. The monoisotopic (exact) mass is 344 g/mol. The minimum atomic E-state index is 0.197. The molecule has 0 radical (unpaired) electrons. The van der Waals surface area contributed by atoms with Crippen molar-refractivity contribution in [1.29, 1.82) is 0 Å². The van der Waals surface area contributed by atoms with Crippen LogP contribution in [0.4, 0.5) is 0 Å². The standard InChI is InChI=1S/C15H25BrN2O2/c1-4-18(8-9-20-5-2)14(11-17)12-6-7-15(19-3)13(16)10-12/h6-7,10,14H,4-5,8-9,11,17H2,1-3H3. The van der Waals surface area contributed by atoms with E-state index in [0.29, 0.717) is 6.54 Å². The number of rotatable bonds is 9. The van der Waals surface area contributed by atoms with Gasteiger partial charge < -0.3 is 15.2 Å². The molecule has 0 bridgehead atoms. The molecule has 4 nitrogen and oxygen atoms in total. The molecule has 1 rings (SSSR count). The molecule has 1 atom stereocenters. The highest BCUT2D eigenvalue weighted by molar-refractivity contribution is 9.10. The largest absolute Gasteiger partial charge is 0.496 e. The van der Waals surface area contributed by atoms with Crippen LogP contribution in [0.25, 0.3) is 0 Å². The van der Waals surface area contributed by atoms with Gasteiger partial charge in [-0.1, -0.05) is 13.0 Å². The molecule has 0 heterocycles. The molecule has 1 unspecified atom stereocenters. The highest BCUT2D eigenvalue weighted by Gasteiger charge is 2.18. The Balaban J connectivity index is 2.84. The Labute approximate surface area is 130 Å². The zero-order valence-electron chi connectivity index (χ0n) is 12.6. The number of nitrogens with zero attached hydrogens (tertiary/aromatic N) is 1. The summed E-state index contributed by atoms with van der Waals surface area (Å²) in [4.78, 5) is 2.34. The van der Waals surface area contributed by atoms with Crippen molar-refractivity contribution in [3.05, 3.63) is 28.2 Å². The summed E-state index contributed by atoms with van der Waals surface area (Å²) in [6.45, 7) is 8.05. The van der Waals surface area contributed by atoms with Crippen LogP contribution in [0.5, 0.6) is 5.75 Å². The summed E-state index contributed by atoms with van der Waals surface area (Å²) in [6.07, 6.45) is 0. The second-order valence-electron chi connectivity index (χ2n) is 4.47. The Morgan fingerprint density at radius 3 is 2.60 bits per heavy atom. The quantitative estimate of drug-likeness (QED) is 0.699. The van der Waals surface area contributed by atoms with Gasteiger partial charge in [-0.25, -0.2) is 0 Å². The molecule has 5 heteroatoms. The molecule has 2 N–H and O–H groups in total. The van der Waals surface area contributed by atoms with Crippen molar-refractivity contribution in [2.75, 3.05) is 40.0 Å². The summed E-state index contributed by atoms with van der Waals surface area (Å²) in [6, 6.07) is 6.32. The summed E-state index contributed by atoms with van der Waals surface area (Å²) < 4.78 is 11.7. The fourth-order valence-electron chi connectivity index (χ4n) is 2.25. The van der Waals surface area contributed by atoms with Crippen molar-refractivity contribution in [1.82, 2.24) is 4.90 Å². The topological polar surface area (TPSA) is 47.7 Å². The van der Waals surface area contributed by atoms with Crippen molar-refractivity contribution in [2.45, 2.75) is 19.9 Å². The van der Waals surface area contributed by atoms with Crippen molar-refractivity contribution in [3.63, 3.8) is 0 Å². The molecule has 1 aromatic carbocycles. The normalized spacial score (nSPS) is 12.7. The third-order valence-electron chi connectivity index (χ3n) is 3.36. The van der Waals surface area contributed by atoms with Gasteiger partial charge in [0.15, 0.2) is 0 Å². The molecule has 0 aliphatic carbocycles. The molecule has 0 saturated carbocycles. The van der Waals surface area contributed by atoms with Gasteiger partial charge in [-0.05, 0) is 47.1 Å². The lowest BCUT2D eigenvalue weighted by molar-refractivity contribution is 0.0980. The van der Waals surface area contributed by atoms with Gasteiger partial charge in [0.1, 0.15) is 5.75 Å². The van der Waals surface area contributed by atoms with Gasteiger partial charge in [-0.15, -0.1) is 0 Å². The second-order valence-corrected chi connectivity index (χ2v) is 5.33. The minimum Gasteiger partial charge on any atom is -0.496 e. The second kappa shape index (κ2) is 9.34. The van der Waals surface area contributed by atoms with E-state index in [4.69, 9.17) is 15.2 Å². The first-order chi connectivity index (χ1) is 9.67. The minimum absolute atomic E-state index is 0.197. The van der Waals surface area contributed by atoms with Crippen LogP contribution in [0.3, 0.4) is 0 Å². The van der Waals surface area contributed by atoms with E-state index in [1.54, 1.807) is 7.11 Å². The van der Waals surface area contributed by atoms with Crippen LogP contribution >= 0.6 is 15.9 Å². The van der Waals surface area contributed by atoms with Crippen molar-refractivity contribution < 1.29 is 9.47 Å². The number of hydrogen-bond acceptors (Lipinski definition) is 4. The maximum absolute atomic E-state index is 5.98. The Morgan fingerprint density at radius 1 is 1.35 bits per heavy atom. The predicted octanol–water partition coefficient (Wildman–Crippen LogP) is 2.82. The first-order valence-corrected chi connectivity index (χ1v) is 7.82. The lowest BCUT2D eigenvalue weighted by Gasteiger charge is -2.30. The Morgan fingerprint density at radius 2 is 2.10 bits per heavy atom. The fraction of sp³-hybridized carbons (Fsp3) is 0.600. The van der Waals surface area contributed by atoms with E-state index in [0.717, 1.165) is 36.5 Å². The first kappa shape index (κ1) is 17.4. The average Bonchev–Trinajstić information content (AvgIpc) is 2.46. The number of ether oxygens (including phenoxy) is 2. The summed E-state index contributed by atoms with van der Waals surface area (Å²) >= 11 is 3.53. The maximum Gasteiger partial charge on any atom is 0.133 e. The summed E-state index contributed by atoms with van der Waals surface area (Å²) in [5.74, 6) is 0.835. The van der Waals surface area contributed by atoms with E-state index in [9.17, 15) is 0 Å². The SMILES string of the molecule is CCOCCN(CC)C(CN)c1ccc(OC)c(Br)c1. The Kier molecular flexibility index (Phi) is 8.14. The van der Waals surface area contributed by atoms with Gasteiger partial charge >= 0.3 is 0 Å². The van der Waals surface area contributed by atoms with Crippen LogP contribution < -0.4 is 10.5 Å². The lowest BCUT2D eigenvalue weighted by atomic mass is 10.1. The van der Waals surface area contributed by atoms with Crippen LogP contribution in [-0.2, 0) is 4.74 Å². The highest BCUT2D eigenvalue weighted by Crippen LogP contribution is 2.29. The van der Waals surface area contributed by atoms with Gasteiger partial charge in [0, 0.05) is 25.7 Å². The van der Waals surface area contributed by atoms with E-state index in [1.807, 2.05) is 13.0 Å². The summed E-state index contributed by atoms with van der Waals surface area (Å²) in [7, 11) is 1.67. The number of benzene rings is 1. The summed E-state index contributed by atoms with van der Waals surface area (Å²) in [5, 5.41) is 0. The molecule has 0 aromatic heterocycles. The molecular weight excluding hydrogens is 320 g/mol. The van der Waals surface area contributed by atoms with Crippen LogP contribution in [0.15, 0.2) is 22.7 Å². The van der Waals surface area contributed by atoms with Crippen molar-refractivity contribution in [3.8, 4) is 5.75 Å². The smallest absolute Gasteiger partial charge is 0.133 e. The highest BCUT2D eigenvalue weighted by atomic mass is 79.9. The zero-order chi connectivity index (χ0) is 15.0. The Hall–Kier alpha value is -0.620. The molecule has 0 aliphatic heterocycles. The number of halogens is 1. The molecule has 0 fully saturated rings. The van der Waals surface area contributed by atoms with Crippen LogP contribution in [0.2, 0.25) is 0 Å². The molecule has 114 valence electrons. The molecule has 0 amide bonds. The molecule has 20 heavy (non-hydrogen) atoms. The van der Waals surface area contributed by atoms with E-state index in [-0.39, 0.29) is 6.04 Å². The predicted molar refractivity (Wildman–Crippen MR) is 86.2 cm³/mol. The van der Waals surface area contributed by atoms with E-state index in [1.165, 1.54) is 5.56 Å². The molecule has 0 spiro atoms. The number of nitrogens with two attached hydrogens (primary N) is 1. The molecular formula is C15H25BrN2O2. The first-order valence-electron chi connectivity index (χ1n) is 7.03. The van der Waals surface area contributed by atoms with Crippen LogP contribution in [0, 0.1) is 0 Å². The van der Waals surface area contributed by atoms with Gasteiger partial charge in [-0.2, -0.15) is 0 Å². The molecule has 1 aromatic rings. The van der Waals surface area contributed by atoms with Crippen molar-refractivity contribution >= 4 is 15.9 Å². The van der Waals surface area contributed by atoms with Gasteiger partial charge in [0.2, 0.25) is 0 Å². The summed E-state index contributed by atoms with van der Waals surface area (Å²) in [5.41, 5.74) is 7.17. The van der Waals surface area contributed by atoms with E-state index < -0.39 is 0 Å². The fourth-order valence-corrected chi connectivity index (χ4v) is 2.80. The zero-order valence-corrected chi connectivity index (χ0v) is 14.1. The van der Waals surface area contributed by atoms with Crippen LogP contribution in [-0.4, -0.2) is 44.9 Å². The number of likely N-dealkylation sites (N-methyl/N-ethyl adjacent to an activating group) is 1. The molecule has 0 aliphatic rings. The molecule has 0 saturated heterocycles. The third kappa shape index (κ3) is 4.74. The third-order valence-corrected chi connectivity index (χ3v) is 3.98. The van der Waals surface area contributed by atoms with Crippen molar-refractivity contribution in [2.24, 2.45) is 5.73 Å². The number of methoxy groups -OCH3 is 1.